The van der Waals surface area contributed by atoms with Crippen LogP contribution in [-0.4, -0.2) is 57.1 Å². The van der Waals surface area contributed by atoms with Crippen LogP contribution in [0.5, 0.6) is 0 Å². The number of amides is 3. The second-order valence-corrected chi connectivity index (χ2v) is 10.7. The average Bonchev–Trinajstić information content (AvgIpc) is 3.54. The van der Waals surface area contributed by atoms with Gasteiger partial charge in [-0.05, 0) is 26.2 Å². The molecule has 2 atom stereocenters. The highest BCUT2D eigenvalue weighted by Gasteiger charge is 2.54. The molecule has 1 saturated carbocycles. The number of halogens is 4. The first-order chi connectivity index (χ1) is 17.5. The first-order valence-corrected chi connectivity index (χ1v) is 13.1. The van der Waals surface area contributed by atoms with Gasteiger partial charge >= 0.3 is 11.8 Å². The zero-order chi connectivity index (χ0) is 27.1. The van der Waals surface area contributed by atoms with Gasteiger partial charge in [-0.1, -0.05) is 11.6 Å². The van der Waals surface area contributed by atoms with Crippen molar-refractivity contribution in [2.75, 3.05) is 25.0 Å². The largest absolute Gasteiger partial charge is 0.348 e. The lowest BCUT2D eigenvalue weighted by molar-refractivity contribution is -0.147. The zero-order valence-corrected chi connectivity index (χ0v) is 21.6. The van der Waals surface area contributed by atoms with E-state index in [4.69, 9.17) is 11.6 Å². The van der Waals surface area contributed by atoms with Gasteiger partial charge in [-0.25, -0.2) is 22.1 Å². The van der Waals surface area contributed by atoms with Gasteiger partial charge < -0.3 is 20.1 Å². The van der Waals surface area contributed by atoms with Crippen molar-refractivity contribution in [3.63, 3.8) is 0 Å². The van der Waals surface area contributed by atoms with Gasteiger partial charge in [0.05, 0.1) is 9.92 Å². The van der Waals surface area contributed by atoms with Gasteiger partial charge in [0, 0.05) is 62.2 Å². The van der Waals surface area contributed by atoms with E-state index in [0.717, 1.165) is 12.8 Å². The van der Waals surface area contributed by atoms with Crippen LogP contribution in [0.15, 0.2) is 23.2 Å². The van der Waals surface area contributed by atoms with Crippen molar-refractivity contribution in [3.8, 4) is 0 Å². The van der Waals surface area contributed by atoms with Crippen molar-refractivity contribution in [3.05, 3.63) is 46.5 Å². The van der Waals surface area contributed by atoms with E-state index in [9.17, 15) is 31.8 Å². The van der Waals surface area contributed by atoms with Gasteiger partial charge in [-0.3, -0.25) is 14.4 Å². The Kier molecular flexibility index (Phi) is 7.67. The Labute approximate surface area is 218 Å². The maximum atomic E-state index is 13.5. The van der Waals surface area contributed by atoms with Crippen molar-refractivity contribution in [2.45, 2.75) is 37.1 Å². The van der Waals surface area contributed by atoms with E-state index in [-0.39, 0.29) is 32.8 Å². The monoisotopic (exact) mass is 559 g/mol. The molecule has 1 aromatic carbocycles. The van der Waals surface area contributed by atoms with E-state index in [0.29, 0.717) is 38.2 Å². The molecule has 3 N–H and O–H groups in total. The number of carbonyl (C=O) groups is 3. The standard InChI is InChI=1S/C23H25ClF3N5O4S/c1-3-28-21(34)22(35)32-7-4-16(23(11-32)5-6-23)30-37(36)15-10-31(2)19(17(15)24)20(33)29-12-8-13(25)18(27)14(26)9-12/h8-10,16,30H,3-7,11H2,1-2H3,(H,28,34)(H,29,33). The van der Waals surface area contributed by atoms with Crippen molar-refractivity contribution < 1.29 is 31.8 Å². The SMILES string of the molecule is CCNC(=O)C(=O)N1CCC(NS(=O)c2cn(C)c(C(=O)Nc3cc(F)c(F)c(F)c3)c2Cl)C2(CC2)C1. The van der Waals surface area contributed by atoms with E-state index in [2.05, 4.69) is 15.4 Å². The summed E-state index contributed by atoms with van der Waals surface area (Å²) in [4.78, 5) is 38.7. The molecule has 9 nitrogen and oxygen atoms in total. The molecule has 1 aliphatic carbocycles. The van der Waals surface area contributed by atoms with Crippen molar-refractivity contribution in [1.82, 2.24) is 19.5 Å². The zero-order valence-electron chi connectivity index (χ0n) is 20.0. The van der Waals surface area contributed by atoms with Crippen LogP contribution in [0, 0.1) is 22.9 Å². The fourth-order valence-electron chi connectivity index (χ4n) is 4.53. The first-order valence-electron chi connectivity index (χ1n) is 11.5. The Bertz CT molecular complexity index is 1280. The quantitative estimate of drug-likeness (QED) is 0.373. The molecule has 2 aromatic rings. The normalized spacial score (nSPS) is 19.0. The van der Waals surface area contributed by atoms with E-state index in [1.54, 1.807) is 6.92 Å². The number of aryl methyl sites for hydroxylation is 1. The number of likely N-dealkylation sites (N-methyl/N-ethyl adjacent to an activating group) is 1. The third-order valence-corrected chi connectivity index (χ3v) is 8.34. The molecule has 1 aromatic heterocycles. The number of nitrogens with one attached hydrogen (secondary N) is 3. The van der Waals surface area contributed by atoms with Crippen molar-refractivity contribution >= 4 is 46.0 Å². The second-order valence-electron chi connectivity index (χ2n) is 9.15. The summed E-state index contributed by atoms with van der Waals surface area (Å²) in [6.45, 7) is 2.75. The molecule has 2 fully saturated rings. The molecule has 2 heterocycles. The molecule has 2 unspecified atom stereocenters. The van der Waals surface area contributed by atoms with E-state index >= 15 is 0 Å². The van der Waals surface area contributed by atoms with Crippen LogP contribution in [0.4, 0.5) is 18.9 Å². The van der Waals surface area contributed by atoms with E-state index in [1.165, 1.54) is 22.7 Å². The lowest BCUT2D eigenvalue weighted by atomic mass is 9.89. The molecule has 0 bridgehead atoms. The number of carbonyl (C=O) groups excluding carboxylic acids is 3. The molecule has 1 aliphatic heterocycles. The number of anilines is 1. The number of benzene rings is 1. The number of hydrogen-bond donors (Lipinski definition) is 3. The Morgan fingerprint density at radius 1 is 1.19 bits per heavy atom. The van der Waals surface area contributed by atoms with E-state index in [1.807, 2.05) is 0 Å². The third-order valence-electron chi connectivity index (χ3n) is 6.64. The summed E-state index contributed by atoms with van der Waals surface area (Å²) in [5.41, 5.74) is -0.738. The summed E-state index contributed by atoms with van der Waals surface area (Å²) in [5, 5.41) is 4.64. The highest BCUT2D eigenvalue weighted by atomic mass is 35.5. The highest BCUT2D eigenvalue weighted by Crippen LogP contribution is 2.52. The Hall–Kier alpha value is -2.90. The Balaban J connectivity index is 1.45. The summed E-state index contributed by atoms with van der Waals surface area (Å²) in [5.74, 6) is -6.67. The molecule has 2 aliphatic rings. The van der Waals surface area contributed by atoms with Crippen molar-refractivity contribution in [2.24, 2.45) is 12.5 Å². The molecule has 3 amide bonds. The van der Waals surface area contributed by atoms with Gasteiger partial charge in [-0.15, -0.1) is 0 Å². The third kappa shape index (κ3) is 5.39. The minimum atomic E-state index is -1.83. The van der Waals surface area contributed by atoms with Crippen LogP contribution in [0.1, 0.15) is 36.7 Å². The lowest BCUT2D eigenvalue weighted by Crippen LogP contribution is -2.55. The van der Waals surface area contributed by atoms with Crippen LogP contribution in [0.3, 0.4) is 0 Å². The molecular formula is C23H25ClF3N5O4S. The lowest BCUT2D eigenvalue weighted by Gasteiger charge is -2.38. The Morgan fingerprint density at radius 3 is 2.43 bits per heavy atom. The second kappa shape index (κ2) is 10.5. The number of hydrogen-bond acceptors (Lipinski definition) is 4. The van der Waals surface area contributed by atoms with E-state index < -0.39 is 46.2 Å². The number of piperidine rings is 1. The summed E-state index contributed by atoms with van der Waals surface area (Å²) in [6.07, 6.45) is 3.46. The minimum Gasteiger partial charge on any atom is -0.348 e. The maximum Gasteiger partial charge on any atom is 0.311 e. The van der Waals surface area contributed by atoms with Crippen LogP contribution < -0.4 is 15.4 Å². The molecule has 1 saturated heterocycles. The van der Waals surface area contributed by atoms with Gasteiger partial charge in [0.2, 0.25) is 0 Å². The molecule has 0 radical (unpaired) electrons. The number of nitrogens with zero attached hydrogens (tertiary/aromatic N) is 2. The molecule has 200 valence electrons. The predicted molar refractivity (Wildman–Crippen MR) is 130 cm³/mol. The van der Waals surface area contributed by atoms with Gasteiger partial charge in [0.1, 0.15) is 16.7 Å². The number of rotatable bonds is 6. The molecule has 1 spiro atoms. The molecule has 4 rings (SSSR count). The predicted octanol–water partition coefficient (Wildman–Crippen LogP) is 2.48. The van der Waals surface area contributed by atoms with Crippen LogP contribution in [0.2, 0.25) is 5.02 Å². The summed E-state index contributed by atoms with van der Waals surface area (Å²) >= 11 is 6.39. The van der Waals surface area contributed by atoms with Gasteiger partial charge in [0.15, 0.2) is 17.5 Å². The first kappa shape index (κ1) is 27.1. The summed E-state index contributed by atoms with van der Waals surface area (Å²) in [7, 11) is -0.344. The maximum absolute atomic E-state index is 13.5. The smallest absolute Gasteiger partial charge is 0.311 e. The Morgan fingerprint density at radius 2 is 1.84 bits per heavy atom. The minimum absolute atomic E-state index is 0.111. The fraction of sp³-hybridized carbons (Fsp3) is 0.435. The summed E-state index contributed by atoms with van der Waals surface area (Å²) < 4.78 is 57.8. The van der Waals surface area contributed by atoms with Gasteiger partial charge in [0.25, 0.3) is 5.91 Å². The van der Waals surface area contributed by atoms with Crippen LogP contribution >= 0.6 is 11.6 Å². The van der Waals surface area contributed by atoms with Gasteiger partial charge in [-0.2, -0.15) is 0 Å². The number of likely N-dealkylation sites (tertiary alicyclic amines) is 1. The van der Waals surface area contributed by atoms with Crippen molar-refractivity contribution in [1.29, 1.82) is 0 Å². The van der Waals surface area contributed by atoms with Crippen LogP contribution in [-0.2, 0) is 27.6 Å². The molecule has 14 heteroatoms. The molecule has 37 heavy (non-hydrogen) atoms. The fourth-order valence-corrected chi connectivity index (χ4v) is 6.28. The molecular weight excluding hydrogens is 535 g/mol. The topological polar surface area (TPSA) is 113 Å². The van der Waals surface area contributed by atoms with Crippen LogP contribution in [0.25, 0.3) is 0 Å². The highest BCUT2D eigenvalue weighted by molar-refractivity contribution is 7.83. The number of aromatic nitrogens is 1. The average molecular weight is 560 g/mol. The summed E-state index contributed by atoms with van der Waals surface area (Å²) in [6, 6.07) is 1.04.